The fraction of sp³-hybridized carbons (Fsp3) is 0.571. The maximum absolute atomic E-state index is 12.7. The van der Waals surface area contributed by atoms with Gasteiger partial charge in [-0.05, 0) is 39.2 Å². The normalized spacial score (nSPS) is 23.3. The molecule has 1 N–H and O–H groups in total. The minimum absolute atomic E-state index is 0.00333. The Morgan fingerprint density at radius 2 is 2.05 bits per heavy atom. The molecule has 1 aromatic rings. The Hall–Kier alpha value is -1.29. The van der Waals surface area contributed by atoms with Crippen molar-refractivity contribution in [3.05, 3.63) is 22.8 Å². The van der Waals surface area contributed by atoms with Gasteiger partial charge in [0.25, 0.3) is 5.91 Å². The number of likely N-dealkylation sites (tertiary alicyclic amines) is 1. The number of carbonyl (C=O) groups excluding carboxylic acids is 1. The number of anilines is 1. The van der Waals surface area contributed by atoms with E-state index < -0.39 is 0 Å². The molecule has 1 amide bonds. The molecule has 2 atom stereocenters. The van der Waals surface area contributed by atoms with E-state index in [-0.39, 0.29) is 18.0 Å². The third-order valence-electron chi connectivity index (χ3n) is 3.77. The summed E-state index contributed by atoms with van der Waals surface area (Å²) in [6.07, 6.45) is 4.81. The van der Waals surface area contributed by atoms with Crippen LogP contribution in [-0.4, -0.2) is 34.9 Å². The topological polar surface area (TPSA) is 45.2 Å². The monoisotopic (exact) mass is 281 g/mol. The molecule has 0 aliphatic carbocycles. The van der Waals surface area contributed by atoms with Crippen molar-refractivity contribution >= 4 is 23.3 Å². The van der Waals surface area contributed by atoms with Gasteiger partial charge in [0.1, 0.15) is 5.82 Å². The van der Waals surface area contributed by atoms with Gasteiger partial charge in [-0.3, -0.25) is 4.79 Å². The molecule has 2 rings (SSSR count). The summed E-state index contributed by atoms with van der Waals surface area (Å²) in [6.45, 7) is 4.20. The highest BCUT2D eigenvalue weighted by Crippen LogP contribution is 2.27. The van der Waals surface area contributed by atoms with Crippen molar-refractivity contribution in [2.24, 2.45) is 0 Å². The van der Waals surface area contributed by atoms with Crippen LogP contribution in [0.2, 0.25) is 5.02 Å². The van der Waals surface area contributed by atoms with E-state index in [9.17, 15) is 4.79 Å². The summed E-state index contributed by atoms with van der Waals surface area (Å²) in [7, 11) is 1.77. The van der Waals surface area contributed by atoms with E-state index >= 15 is 0 Å². The lowest BCUT2D eigenvalue weighted by Crippen LogP contribution is -2.47. The van der Waals surface area contributed by atoms with E-state index in [1.54, 1.807) is 13.1 Å². The highest BCUT2D eigenvalue weighted by Gasteiger charge is 2.30. The van der Waals surface area contributed by atoms with Crippen molar-refractivity contribution in [1.82, 2.24) is 9.88 Å². The van der Waals surface area contributed by atoms with Gasteiger partial charge in [0.2, 0.25) is 0 Å². The van der Waals surface area contributed by atoms with Crippen LogP contribution in [0.15, 0.2) is 12.3 Å². The summed E-state index contributed by atoms with van der Waals surface area (Å²) < 4.78 is 0. The quantitative estimate of drug-likeness (QED) is 0.905. The highest BCUT2D eigenvalue weighted by molar-refractivity contribution is 6.33. The zero-order valence-electron chi connectivity index (χ0n) is 11.6. The summed E-state index contributed by atoms with van der Waals surface area (Å²) in [5.74, 6) is 0.661. The lowest BCUT2D eigenvalue weighted by Gasteiger charge is -2.39. The van der Waals surface area contributed by atoms with Crippen molar-refractivity contribution < 1.29 is 4.79 Å². The molecular formula is C14H20ClN3O. The number of pyridine rings is 1. The van der Waals surface area contributed by atoms with E-state index in [4.69, 9.17) is 11.6 Å². The molecule has 1 fully saturated rings. The number of hydrogen-bond acceptors (Lipinski definition) is 3. The molecule has 1 aromatic heterocycles. The molecule has 4 nitrogen and oxygen atoms in total. The van der Waals surface area contributed by atoms with Crippen molar-refractivity contribution in [3.8, 4) is 0 Å². The molecule has 0 spiro atoms. The number of carbonyl (C=O) groups is 1. The summed E-state index contributed by atoms with van der Waals surface area (Å²) in [6, 6.07) is 2.25. The number of halogens is 1. The third kappa shape index (κ3) is 2.84. The fourth-order valence-corrected chi connectivity index (χ4v) is 2.88. The van der Waals surface area contributed by atoms with Gasteiger partial charge in [-0.25, -0.2) is 4.98 Å². The molecule has 1 aliphatic rings. The number of hydrogen-bond donors (Lipinski definition) is 1. The first-order valence-corrected chi connectivity index (χ1v) is 7.08. The largest absolute Gasteiger partial charge is 0.373 e. The molecular weight excluding hydrogens is 262 g/mol. The van der Waals surface area contributed by atoms with Gasteiger partial charge >= 0.3 is 0 Å². The van der Waals surface area contributed by atoms with E-state index in [2.05, 4.69) is 24.1 Å². The first-order chi connectivity index (χ1) is 9.04. The summed E-state index contributed by atoms with van der Waals surface area (Å²) in [5.41, 5.74) is 0.529. The molecule has 5 heteroatoms. The Balaban J connectivity index is 2.32. The first kappa shape index (κ1) is 14.1. The Labute approximate surface area is 119 Å². The average Bonchev–Trinajstić information content (AvgIpc) is 2.39. The maximum atomic E-state index is 12.7. The van der Waals surface area contributed by atoms with Crippen LogP contribution in [0.5, 0.6) is 0 Å². The number of nitrogens with one attached hydrogen (secondary N) is 1. The Kier molecular flexibility index (Phi) is 4.30. The van der Waals surface area contributed by atoms with Crippen LogP contribution in [0.3, 0.4) is 0 Å². The van der Waals surface area contributed by atoms with Crippen LogP contribution in [-0.2, 0) is 0 Å². The molecule has 104 valence electrons. The van der Waals surface area contributed by atoms with Gasteiger partial charge in [-0.1, -0.05) is 11.6 Å². The van der Waals surface area contributed by atoms with E-state index in [1.807, 2.05) is 4.90 Å². The molecule has 2 heterocycles. The predicted molar refractivity (Wildman–Crippen MR) is 77.7 cm³/mol. The number of piperidine rings is 1. The van der Waals surface area contributed by atoms with Crippen molar-refractivity contribution in [3.63, 3.8) is 0 Å². The summed E-state index contributed by atoms with van der Waals surface area (Å²) in [4.78, 5) is 18.8. The van der Waals surface area contributed by atoms with Gasteiger partial charge < -0.3 is 10.2 Å². The zero-order chi connectivity index (χ0) is 14.0. The standard InChI is InChI=1S/C14H20ClN3O/c1-9-5-4-6-10(2)18(9)14(19)11-7-13(16-3)17-8-12(11)15/h7-10H,4-6H2,1-3H3,(H,16,17). The Bertz CT molecular complexity index is 468. The lowest BCUT2D eigenvalue weighted by molar-refractivity contribution is 0.0511. The van der Waals surface area contributed by atoms with Crippen LogP contribution in [0, 0.1) is 0 Å². The number of aromatic nitrogens is 1. The van der Waals surface area contributed by atoms with Gasteiger partial charge in [-0.15, -0.1) is 0 Å². The molecule has 0 radical (unpaired) electrons. The van der Waals surface area contributed by atoms with E-state index in [0.29, 0.717) is 16.4 Å². The van der Waals surface area contributed by atoms with Crippen LogP contribution >= 0.6 is 11.6 Å². The minimum atomic E-state index is 0.00333. The smallest absolute Gasteiger partial charge is 0.256 e. The van der Waals surface area contributed by atoms with Crippen molar-refractivity contribution in [2.45, 2.75) is 45.2 Å². The van der Waals surface area contributed by atoms with Gasteiger partial charge in [0.05, 0.1) is 10.6 Å². The Morgan fingerprint density at radius 3 is 2.63 bits per heavy atom. The SMILES string of the molecule is CNc1cc(C(=O)N2C(C)CCCC2C)c(Cl)cn1. The van der Waals surface area contributed by atoms with Gasteiger partial charge in [0.15, 0.2) is 0 Å². The minimum Gasteiger partial charge on any atom is -0.373 e. The molecule has 0 aromatic carbocycles. The van der Waals surface area contributed by atoms with Crippen LogP contribution < -0.4 is 5.32 Å². The van der Waals surface area contributed by atoms with Crippen LogP contribution in [0.4, 0.5) is 5.82 Å². The van der Waals surface area contributed by atoms with E-state index in [1.165, 1.54) is 12.6 Å². The molecule has 0 bridgehead atoms. The highest BCUT2D eigenvalue weighted by atomic mass is 35.5. The average molecular weight is 282 g/mol. The summed E-state index contributed by atoms with van der Waals surface area (Å²) >= 11 is 6.12. The lowest BCUT2D eigenvalue weighted by atomic mass is 9.96. The van der Waals surface area contributed by atoms with Crippen LogP contribution in [0.25, 0.3) is 0 Å². The molecule has 19 heavy (non-hydrogen) atoms. The number of nitrogens with zero attached hydrogens (tertiary/aromatic N) is 2. The number of rotatable bonds is 2. The molecule has 0 saturated carbocycles. The summed E-state index contributed by atoms with van der Waals surface area (Å²) in [5, 5.41) is 3.35. The zero-order valence-corrected chi connectivity index (χ0v) is 12.4. The fourth-order valence-electron chi connectivity index (χ4n) is 2.70. The second-order valence-electron chi connectivity index (χ2n) is 5.14. The van der Waals surface area contributed by atoms with Crippen molar-refractivity contribution in [2.75, 3.05) is 12.4 Å². The second kappa shape index (κ2) is 5.78. The molecule has 1 aliphatic heterocycles. The molecule has 1 saturated heterocycles. The van der Waals surface area contributed by atoms with Crippen molar-refractivity contribution in [1.29, 1.82) is 0 Å². The maximum Gasteiger partial charge on any atom is 0.256 e. The Morgan fingerprint density at radius 1 is 1.42 bits per heavy atom. The van der Waals surface area contributed by atoms with Crippen LogP contribution in [0.1, 0.15) is 43.5 Å². The van der Waals surface area contributed by atoms with Gasteiger partial charge in [0, 0.05) is 25.3 Å². The third-order valence-corrected chi connectivity index (χ3v) is 4.07. The molecule has 2 unspecified atom stereocenters. The first-order valence-electron chi connectivity index (χ1n) is 6.70. The predicted octanol–water partition coefficient (Wildman–Crippen LogP) is 3.18. The van der Waals surface area contributed by atoms with E-state index in [0.717, 1.165) is 12.8 Å². The van der Waals surface area contributed by atoms with Gasteiger partial charge in [-0.2, -0.15) is 0 Å². The number of amides is 1. The second-order valence-corrected chi connectivity index (χ2v) is 5.55.